The van der Waals surface area contributed by atoms with Gasteiger partial charge >= 0.3 is 17.9 Å². The van der Waals surface area contributed by atoms with Crippen molar-refractivity contribution in [2.75, 3.05) is 4.90 Å². The van der Waals surface area contributed by atoms with Gasteiger partial charge < -0.3 is 18.9 Å². The summed E-state index contributed by atoms with van der Waals surface area (Å²) in [6.07, 6.45) is 0.796. The van der Waals surface area contributed by atoms with Gasteiger partial charge in [0.15, 0.2) is 5.60 Å². The molecule has 4 atom stereocenters. The van der Waals surface area contributed by atoms with E-state index in [2.05, 4.69) is 0 Å². The second-order valence-corrected chi connectivity index (χ2v) is 7.45. The molecule has 2 saturated heterocycles. The molecule has 0 spiro atoms. The third-order valence-corrected chi connectivity index (χ3v) is 5.33. The highest BCUT2D eigenvalue weighted by Gasteiger charge is 2.72. The van der Waals surface area contributed by atoms with Gasteiger partial charge in [0.1, 0.15) is 5.75 Å². The highest BCUT2D eigenvalue weighted by atomic mass is 16.7. The number of benzene rings is 1. The van der Waals surface area contributed by atoms with E-state index in [4.69, 9.17) is 18.9 Å². The van der Waals surface area contributed by atoms with E-state index in [1.165, 1.54) is 31.2 Å². The molecule has 162 valence electrons. The van der Waals surface area contributed by atoms with Crippen LogP contribution in [0.15, 0.2) is 36.4 Å². The molecule has 0 unspecified atom stereocenters. The van der Waals surface area contributed by atoms with E-state index in [-0.39, 0.29) is 11.4 Å². The van der Waals surface area contributed by atoms with Gasteiger partial charge in [-0.15, -0.1) is 0 Å². The average molecular weight is 429 g/mol. The first kappa shape index (κ1) is 20.7. The van der Waals surface area contributed by atoms with Crippen LogP contribution in [0.2, 0.25) is 0 Å². The summed E-state index contributed by atoms with van der Waals surface area (Å²) in [6.45, 7) is 3.49. The molecular formula is C21H19NO9. The zero-order valence-electron chi connectivity index (χ0n) is 16.9. The molecule has 3 heterocycles. The third kappa shape index (κ3) is 3.28. The first-order valence-corrected chi connectivity index (χ1v) is 9.52. The van der Waals surface area contributed by atoms with Crippen molar-refractivity contribution in [3.05, 3.63) is 36.4 Å². The summed E-state index contributed by atoms with van der Waals surface area (Å²) in [5.74, 6) is -4.94. The van der Waals surface area contributed by atoms with Crippen molar-refractivity contribution in [3.8, 4) is 5.75 Å². The fraction of sp³-hybridized carbons (Fsp3) is 0.381. The van der Waals surface area contributed by atoms with Crippen molar-refractivity contribution in [2.45, 2.75) is 38.8 Å². The Labute approximate surface area is 176 Å². The number of carbonyl (C=O) groups excluding carboxylic acids is 5. The Kier molecular flexibility index (Phi) is 4.89. The van der Waals surface area contributed by atoms with E-state index in [9.17, 15) is 24.0 Å². The van der Waals surface area contributed by atoms with E-state index in [0.29, 0.717) is 0 Å². The topological polar surface area (TPSA) is 126 Å². The van der Waals surface area contributed by atoms with Crippen molar-refractivity contribution in [2.24, 2.45) is 11.8 Å². The van der Waals surface area contributed by atoms with Gasteiger partial charge in [-0.3, -0.25) is 24.0 Å². The Balaban J connectivity index is 1.71. The SMILES string of the molecule is CC(=O)Oc1cccc(N2C(=O)[C@@H]3[C@@H](C2=O)[C@@]2(C(OC(C)=O)OC(C)=O)C=C[C@H]3O2)c1. The number of rotatable bonds is 5. The number of hydrogen-bond donors (Lipinski definition) is 0. The van der Waals surface area contributed by atoms with Crippen molar-refractivity contribution in [1.82, 2.24) is 0 Å². The van der Waals surface area contributed by atoms with Crippen molar-refractivity contribution in [1.29, 1.82) is 0 Å². The van der Waals surface area contributed by atoms with Crippen LogP contribution in [0.3, 0.4) is 0 Å². The number of imide groups is 1. The molecule has 1 aromatic carbocycles. The molecule has 0 N–H and O–H groups in total. The second-order valence-electron chi connectivity index (χ2n) is 7.45. The first-order valence-electron chi connectivity index (χ1n) is 9.52. The van der Waals surface area contributed by atoms with Gasteiger partial charge in [0.25, 0.3) is 6.29 Å². The van der Waals surface area contributed by atoms with Crippen LogP contribution in [-0.2, 0) is 38.2 Å². The molecule has 0 aliphatic carbocycles. The number of anilines is 1. The number of amides is 2. The highest BCUT2D eigenvalue weighted by molar-refractivity contribution is 6.23. The highest BCUT2D eigenvalue weighted by Crippen LogP contribution is 2.54. The summed E-state index contributed by atoms with van der Waals surface area (Å²) < 4.78 is 21.3. The molecule has 0 radical (unpaired) electrons. The van der Waals surface area contributed by atoms with Crippen LogP contribution < -0.4 is 9.64 Å². The number of esters is 3. The lowest BCUT2D eigenvalue weighted by atomic mass is 9.76. The maximum Gasteiger partial charge on any atom is 0.308 e. The third-order valence-electron chi connectivity index (χ3n) is 5.33. The Bertz CT molecular complexity index is 1020. The molecule has 0 aromatic heterocycles. The fourth-order valence-corrected chi connectivity index (χ4v) is 4.32. The molecule has 2 amide bonds. The number of hydrogen-bond acceptors (Lipinski definition) is 9. The minimum Gasteiger partial charge on any atom is -0.427 e. The maximum atomic E-state index is 13.4. The molecule has 4 rings (SSSR count). The molecule has 10 heteroatoms. The van der Waals surface area contributed by atoms with Gasteiger partial charge in [0.2, 0.25) is 11.8 Å². The van der Waals surface area contributed by atoms with Gasteiger partial charge in [-0.2, -0.15) is 0 Å². The molecule has 1 aromatic rings. The van der Waals surface area contributed by atoms with Gasteiger partial charge in [0.05, 0.1) is 23.6 Å². The summed E-state index contributed by atoms with van der Waals surface area (Å²) in [5, 5.41) is 0. The van der Waals surface area contributed by atoms with Crippen molar-refractivity contribution >= 4 is 35.4 Å². The number of fused-ring (bicyclic) bond motifs is 5. The minimum absolute atomic E-state index is 0.174. The smallest absolute Gasteiger partial charge is 0.308 e. The second kappa shape index (κ2) is 7.31. The van der Waals surface area contributed by atoms with E-state index in [1.807, 2.05) is 0 Å². The van der Waals surface area contributed by atoms with Gasteiger partial charge in [0, 0.05) is 26.8 Å². The van der Waals surface area contributed by atoms with Crippen LogP contribution in [0, 0.1) is 11.8 Å². The Morgan fingerprint density at radius 3 is 2.32 bits per heavy atom. The van der Waals surface area contributed by atoms with E-state index >= 15 is 0 Å². The predicted octanol–water partition coefficient (Wildman–Crippen LogP) is 0.877. The molecule has 2 bridgehead atoms. The minimum atomic E-state index is -1.62. The van der Waals surface area contributed by atoms with Crippen LogP contribution >= 0.6 is 0 Å². The molecule has 0 saturated carbocycles. The molecule has 3 aliphatic heterocycles. The fourth-order valence-electron chi connectivity index (χ4n) is 4.32. The zero-order chi connectivity index (χ0) is 22.5. The standard InChI is InChI=1S/C21H19NO9/c1-10(23)28-14-6-4-5-13(9-14)22-18(26)16-15-7-8-21(31-15,17(16)19(22)27)20(29-11(2)24)30-12(3)25/h4-9,15-17,20H,1-3H3/t15-,16+,17+,21-/m1/s1. The van der Waals surface area contributed by atoms with E-state index in [0.717, 1.165) is 18.7 Å². The quantitative estimate of drug-likeness (QED) is 0.220. The summed E-state index contributed by atoms with van der Waals surface area (Å²) >= 11 is 0. The van der Waals surface area contributed by atoms with Crippen molar-refractivity contribution in [3.63, 3.8) is 0 Å². The molecule has 3 aliphatic rings. The van der Waals surface area contributed by atoms with Crippen molar-refractivity contribution < 1.29 is 42.9 Å². The van der Waals surface area contributed by atoms with Gasteiger partial charge in [-0.05, 0) is 18.2 Å². The Morgan fingerprint density at radius 1 is 1.03 bits per heavy atom. The average Bonchev–Trinajstić information content (AvgIpc) is 3.31. The Hall–Kier alpha value is -3.53. The van der Waals surface area contributed by atoms with E-state index < -0.39 is 59.6 Å². The van der Waals surface area contributed by atoms with Crippen LogP contribution in [0.1, 0.15) is 20.8 Å². The Morgan fingerprint density at radius 2 is 1.71 bits per heavy atom. The van der Waals surface area contributed by atoms with Gasteiger partial charge in [-0.25, -0.2) is 4.90 Å². The molecule has 2 fully saturated rings. The molecular weight excluding hydrogens is 410 g/mol. The lowest BCUT2D eigenvalue weighted by molar-refractivity contribution is -0.226. The van der Waals surface area contributed by atoms with Crippen LogP contribution in [0.25, 0.3) is 0 Å². The van der Waals surface area contributed by atoms with Gasteiger partial charge in [-0.1, -0.05) is 12.1 Å². The number of carbonyl (C=O) groups is 5. The first-order chi connectivity index (χ1) is 14.6. The van der Waals surface area contributed by atoms with Crippen LogP contribution in [0.4, 0.5) is 5.69 Å². The summed E-state index contributed by atoms with van der Waals surface area (Å²) in [6, 6.07) is 5.99. The monoisotopic (exact) mass is 429 g/mol. The lowest BCUT2D eigenvalue weighted by Crippen LogP contribution is -2.52. The summed E-state index contributed by atoms with van der Waals surface area (Å²) in [4.78, 5) is 62.1. The normalized spacial score (nSPS) is 28.1. The number of ether oxygens (including phenoxy) is 4. The number of nitrogens with zero attached hydrogens (tertiary/aromatic N) is 1. The van der Waals surface area contributed by atoms with Crippen LogP contribution in [-0.4, -0.2) is 47.7 Å². The predicted molar refractivity (Wildman–Crippen MR) is 101 cm³/mol. The largest absolute Gasteiger partial charge is 0.427 e. The van der Waals surface area contributed by atoms with E-state index in [1.54, 1.807) is 12.1 Å². The zero-order valence-corrected chi connectivity index (χ0v) is 16.9. The molecule has 10 nitrogen and oxygen atoms in total. The maximum absolute atomic E-state index is 13.4. The molecule has 31 heavy (non-hydrogen) atoms. The lowest BCUT2D eigenvalue weighted by Gasteiger charge is -2.34. The summed E-state index contributed by atoms with van der Waals surface area (Å²) in [7, 11) is 0. The summed E-state index contributed by atoms with van der Waals surface area (Å²) in [5.41, 5.74) is -1.41. The van der Waals surface area contributed by atoms with Crippen LogP contribution in [0.5, 0.6) is 5.75 Å².